The highest BCUT2D eigenvalue weighted by atomic mass is 16.3. The van der Waals surface area contributed by atoms with Crippen LogP contribution in [0.2, 0.25) is 0 Å². The van der Waals surface area contributed by atoms with Crippen molar-refractivity contribution >= 4 is 43.5 Å². The molecule has 0 bridgehead atoms. The summed E-state index contributed by atoms with van der Waals surface area (Å²) >= 11 is 0. The molecular formula is C38H22O. The number of hydrogen-bond acceptors (Lipinski definition) is 1. The Morgan fingerprint density at radius 3 is 1.95 bits per heavy atom. The van der Waals surface area contributed by atoms with Gasteiger partial charge in [-0.15, -0.1) is 0 Å². The van der Waals surface area contributed by atoms with Crippen molar-refractivity contribution in [2.45, 2.75) is 0 Å². The molecule has 0 saturated heterocycles. The van der Waals surface area contributed by atoms with Crippen LogP contribution in [0.1, 0.15) is 0 Å². The maximum Gasteiger partial charge on any atom is 0.143 e. The van der Waals surface area contributed by atoms with Crippen molar-refractivity contribution in [3.63, 3.8) is 0 Å². The number of furan rings is 1. The third-order valence-corrected chi connectivity index (χ3v) is 8.40. The molecule has 1 aromatic heterocycles. The third kappa shape index (κ3) is 2.96. The molecule has 0 amide bonds. The maximum absolute atomic E-state index is 6.54. The van der Waals surface area contributed by atoms with E-state index >= 15 is 0 Å². The zero-order valence-electron chi connectivity index (χ0n) is 21.1. The van der Waals surface area contributed by atoms with Gasteiger partial charge >= 0.3 is 0 Å². The Hall–Kier alpha value is -5.14. The van der Waals surface area contributed by atoms with E-state index in [1.54, 1.807) is 0 Å². The van der Waals surface area contributed by atoms with Crippen LogP contribution in [-0.2, 0) is 0 Å². The van der Waals surface area contributed by atoms with Crippen molar-refractivity contribution in [1.82, 2.24) is 0 Å². The molecule has 0 saturated carbocycles. The molecule has 8 aromatic rings. The van der Waals surface area contributed by atoms with Crippen molar-refractivity contribution in [2.75, 3.05) is 0 Å². The van der Waals surface area contributed by atoms with Crippen molar-refractivity contribution in [3.8, 4) is 44.5 Å². The molecule has 1 heteroatoms. The Morgan fingerprint density at radius 2 is 1.05 bits per heavy atom. The Labute approximate surface area is 225 Å². The van der Waals surface area contributed by atoms with Crippen molar-refractivity contribution in [2.24, 2.45) is 0 Å². The standard InChI is InChI=1S/C38H22O/c1-2-7-25-20-26(15-14-23(25)6-1)27-17-19-36-35(21-27)33-13-5-10-29(38(33)39-36)28-16-18-30-31-11-3-8-24-9-4-12-32(37(24)31)34(30)22-28/h1-22H. The lowest BCUT2D eigenvalue weighted by Gasteiger charge is -2.07. The molecule has 0 unspecified atom stereocenters. The van der Waals surface area contributed by atoms with Crippen LogP contribution in [0.3, 0.4) is 0 Å². The molecule has 0 radical (unpaired) electrons. The Balaban J connectivity index is 1.21. The summed E-state index contributed by atoms with van der Waals surface area (Å²) in [5.74, 6) is 0. The number of benzene rings is 7. The van der Waals surface area contributed by atoms with Gasteiger partial charge in [-0.05, 0) is 84.8 Å². The molecule has 180 valence electrons. The van der Waals surface area contributed by atoms with E-state index in [4.69, 9.17) is 4.42 Å². The van der Waals surface area contributed by atoms with Gasteiger partial charge in [-0.1, -0.05) is 109 Å². The minimum Gasteiger partial charge on any atom is -0.455 e. The summed E-state index contributed by atoms with van der Waals surface area (Å²) in [5, 5.41) is 7.46. The summed E-state index contributed by atoms with van der Waals surface area (Å²) in [6, 6.07) is 48.3. The fraction of sp³-hybridized carbons (Fsp3) is 0. The number of hydrogen-bond donors (Lipinski definition) is 0. The van der Waals surface area contributed by atoms with Crippen molar-refractivity contribution < 1.29 is 4.42 Å². The second-order valence-electron chi connectivity index (χ2n) is 10.5. The molecule has 1 heterocycles. The summed E-state index contributed by atoms with van der Waals surface area (Å²) in [6.07, 6.45) is 0. The fourth-order valence-corrected chi connectivity index (χ4v) is 6.53. The van der Waals surface area contributed by atoms with E-state index in [1.807, 2.05) is 0 Å². The van der Waals surface area contributed by atoms with Crippen LogP contribution in [0.15, 0.2) is 138 Å². The smallest absolute Gasteiger partial charge is 0.143 e. The lowest BCUT2D eigenvalue weighted by molar-refractivity contribution is 0.670. The van der Waals surface area contributed by atoms with Crippen LogP contribution in [-0.4, -0.2) is 0 Å². The van der Waals surface area contributed by atoms with Crippen LogP contribution in [0, 0.1) is 0 Å². The second-order valence-corrected chi connectivity index (χ2v) is 10.5. The zero-order valence-corrected chi connectivity index (χ0v) is 21.1. The number of para-hydroxylation sites is 1. The molecule has 1 aliphatic carbocycles. The van der Waals surface area contributed by atoms with E-state index in [1.165, 1.54) is 60.5 Å². The molecule has 1 aliphatic rings. The number of fused-ring (bicyclic) bond motifs is 7. The van der Waals surface area contributed by atoms with Gasteiger partial charge in [0.05, 0.1) is 0 Å². The van der Waals surface area contributed by atoms with E-state index in [0.29, 0.717) is 0 Å². The van der Waals surface area contributed by atoms with E-state index in [0.717, 1.165) is 27.5 Å². The predicted molar refractivity (Wildman–Crippen MR) is 164 cm³/mol. The Bertz CT molecular complexity index is 2280. The summed E-state index contributed by atoms with van der Waals surface area (Å²) < 4.78 is 6.54. The van der Waals surface area contributed by atoms with E-state index in [9.17, 15) is 0 Å². The summed E-state index contributed by atoms with van der Waals surface area (Å²) in [5.41, 5.74) is 11.8. The first kappa shape index (κ1) is 20.9. The van der Waals surface area contributed by atoms with Gasteiger partial charge in [0.15, 0.2) is 0 Å². The summed E-state index contributed by atoms with van der Waals surface area (Å²) in [4.78, 5) is 0. The average molecular weight is 495 g/mol. The monoisotopic (exact) mass is 494 g/mol. The summed E-state index contributed by atoms with van der Waals surface area (Å²) in [7, 11) is 0. The fourth-order valence-electron chi connectivity index (χ4n) is 6.53. The second kappa shape index (κ2) is 7.69. The molecule has 0 spiro atoms. The largest absolute Gasteiger partial charge is 0.455 e. The highest BCUT2D eigenvalue weighted by molar-refractivity contribution is 6.16. The van der Waals surface area contributed by atoms with Crippen molar-refractivity contribution in [1.29, 1.82) is 0 Å². The van der Waals surface area contributed by atoms with Gasteiger partial charge in [-0.3, -0.25) is 0 Å². The minimum absolute atomic E-state index is 0.917. The van der Waals surface area contributed by atoms with Crippen LogP contribution < -0.4 is 0 Å². The van der Waals surface area contributed by atoms with Gasteiger partial charge in [0.25, 0.3) is 0 Å². The van der Waals surface area contributed by atoms with Gasteiger partial charge in [-0.25, -0.2) is 0 Å². The van der Waals surface area contributed by atoms with Gasteiger partial charge in [0.2, 0.25) is 0 Å². The van der Waals surface area contributed by atoms with Gasteiger partial charge in [0, 0.05) is 16.3 Å². The minimum atomic E-state index is 0.917. The Kier molecular flexibility index (Phi) is 4.11. The average Bonchev–Trinajstić information content (AvgIpc) is 3.53. The molecule has 1 nitrogen and oxygen atoms in total. The summed E-state index contributed by atoms with van der Waals surface area (Å²) in [6.45, 7) is 0. The number of rotatable bonds is 2. The zero-order chi connectivity index (χ0) is 25.5. The third-order valence-electron chi connectivity index (χ3n) is 8.40. The van der Waals surface area contributed by atoms with Crippen LogP contribution >= 0.6 is 0 Å². The molecule has 0 atom stereocenters. The highest BCUT2D eigenvalue weighted by Crippen LogP contribution is 2.49. The maximum atomic E-state index is 6.54. The molecular weight excluding hydrogens is 472 g/mol. The van der Waals surface area contributed by atoms with Crippen molar-refractivity contribution in [3.05, 3.63) is 133 Å². The topological polar surface area (TPSA) is 13.1 Å². The molecule has 39 heavy (non-hydrogen) atoms. The Morgan fingerprint density at radius 1 is 0.359 bits per heavy atom. The van der Waals surface area contributed by atoms with Crippen LogP contribution in [0.4, 0.5) is 0 Å². The SMILES string of the molecule is c1ccc2cc(-c3ccc4oc5c(-c6ccc7c(c6)-c6cccc8cccc-7c68)cccc5c4c3)ccc2c1. The van der Waals surface area contributed by atoms with E-state index < -0.39 is 0 Å². The normalized spacial score (nSPS) is 12.1. The molecule has 9 rings (SSSR count). The lowest BCUT2D eigenvalue weighted by atomic mass is 9.96. The quantitative estimate of drug-likeness (QED) is 0.233. The highest BCUT2D eigenvalue weighted by Gasteiger charge is 2.22. The molecule has 7 aromatic carbocycles. The van der Waals surface area contributed by atoms with Crippen LogP contribution in [0.25, 0.3) is 88.0 Å². The molecule has 0 fully saturated rings. The van der Waals surface area contributed by atoms with E-state index in [-0.39, 0.29) is 0 Å². The lowest BCUT2D eigenvalue weighted by Crippen LogP contribution is -1.82. The van der Waals surface area contributed by atoms with Crippen LogP contribution in [0.5, 0.6) is 0 Å². The molecule has 0 aliphatic heterocycles. The first-order valence-corrected chi connectivity index (χ1v) is 13.4. The first-order valence-electron chi connectivity index (χ1n) is 13.4. The first-order chi connectivity index (χ1) is 19.3. The predicted octanol–water partition coefficient (Wildman–Crippen LogP) is 10.9. The van der Waals surface area contributed by atoms with E-state index in [2.05, 4.69) is 133 Å². The van der Waals surface area contributed by atoms with Gasteiger partial charge in [0.1, 0.15) is 11.2 Å². The van der Waals surface area contributed by atoms with Gasteiger partial charge < -0.3 is 4.42 Å². The van der Waals surface area contributed by atoms with Gasteiger partial charge in [-0.2, -0.15) is 0 Å². The molecule has 0 N–H and O–H groups in total.